The van der Waals surface area contributed by atoms with E-state index < -0.39 is 20.0 Å². The van der Waals surface area contributed by atoms with Crippen LogP contribution in [0.1, 0.15) is 5.69 Å². The van der Waals surface area contributed by atoms with Gasteiger partial charge in [0, 0.05) is 67.7 Å². The van der Waals surface area contributed by atoms with Crippen LogP contribution in [0.2, 0.25) is 25.2 Å². The van der Waals surface area contributed by atoms with Crippen LogP contribution < -0.4 is 0 Å². The van der Waals surface area contributed by atoms with E-state index in [-0.39, 0.29) is 22.1 Å². The highest BCUT2D eigenvalue weighted by atomic mass is 79.9. The minimum atomic E-state index is -3.57. The number of hydrogen-bond acceptors (Lipinski definition) is 19. The standard InChI is InChI=1S/C9H7BrClN3.C9H7BrN2O2S.C9H8N2O2S.2C8H5BrClN3.C5H3Cl2N.C3H3BrN2.C3H4N2.2CO2/c1-6-5-8(10)13-14(6)9-7(11)3-2-4-12-9;10-9-6-7-11-12(9)15(13,14)8-4-2-1-3-5-8;12-14(13,11-8-4-7-10-11)9-5-2-1-3-6-9;2*9-7-3-5-13(12-7)8-6(10)2-1-4-11-8;6-4-2-1-3-8-5(4)7;4-3-1-2-5-6-3;1-2-4-5-3-1;2*2-1-3/h2-5H,1H3;1-7H;1-8H;2*1-5H;1-3H;1-2H,(H,5,6);1-3H,(H,4,5);;. The maximum Gasteiger partial charge on any atom is 0.373 e. The number of H-pyrrole nitrogens is 2. The number of benzene rings is 2. The Morgan fingerprint density at radius 1 is 0.447 bits per heavy atom. The van der Waals surface area contributed by atoms with E-state index in [4.69, 9.17) is 77.2 Å². The molecule has 13 rings (SSSR count). The summed E-state index contributed by atoms with van der Waals surface area (Å²) in [6.07, 6.45) is 20.1. The van der Waals surface area contributed by atoms with Crippen molar-refractivity contribution in [2.45, 2.75) is 16.7 Å². The van der Waals surface area contributed by atoms with E-state index in [1.54, 1.807) is 167 Å². The molecule has 94 heavy (non-hydrogen) atoms. The minimum absolute atomic E-state index is 0.217. The van der Waals surface area contributed by atoms with Crippen LogP contribution in [-0.2, 0) is 39.2 Å². The zero-order valence-electron chi connectivity index (χ0n) is 47.4. The summed E-state index contributed by atoms with van der Waals surface area (Å²) < 4.78 is 58.0. The molecule has 0 aliphatic rings. The number of nitrogens with one attached hydrogen (secondary N) is 2. The summed E-state index contributed by atoms with van der Waals surface area (Å²) >= 11 is 44.9. The summed E-state index contributed by atoms with van der Waals surface area (Å²) in [5.74, 6) is 1.92. The molecule has 0 saturated heterocycles. The summed E-state index contributed by atoms with van der Waals surface area (Å²) in [5.41, 5.74) is 0.984. The van der Waals surface area contributed by atoms with Gasteiger partial charge in [-0.15, -0.1) is 4.09 Å². The minimum Gasteiger partial charge on any atom is -0.286 e. The number of aryl methyl sites for hydroxylation is 1. The van der Waals surface area contributed by atoms with E-state index in [0.717, 1.165) is 32.3 Å². The van der Waals surface area contributed by atoms with Crippen molar-refractivity contribution in [2.75, 3.05) is 0 Å². The molecule has 0 atom stereocenters. The predicted octanol–water partition coefficient (Wildman–Crippen LogP) is 14.2. The van der Waals surface area contributed by atoms with E-state index in [1.165, 1.54) is 42.9 Å². The Labute approximate surface area is 602 Å². The van der Waals surface area contributed by atoms with Crippen LogP contribution in [0.5, 0.6) is 0 Å². The molecule has 0 amide bonds. The molecule has 2 N–H and O–H groups in total. The molecule has 0 spiro atoms. The zero-order valence-corrected chi connectivity index (χ0v) is 60.7. The van der Waals surface area contributed by atoms with E-state index in [1.807, 2.05) is 37.3 Å². The summed E-state index contributed by atoms with van der Waals surface area (Å²) in [5, 5.41) is 35.1. The normalized spacial score (nSPS) is 9.90. The lowest BCUT2D eigenvalue weighted by atomic mass is 10.4. The summed E-state index contributed by atoms with van der Waals surface area (Å²) in [4.78, 5) is 49.1. The Kier molecular flexibility index (Phi) is 35.4. The molecule has 11 heterocycles. The molecule has 0 bridgehead atoms. The van der Waals surface area contributed by atoms with Gasteiger partial charge in [0.1, 0.15) is 28.2 Å². The molecule has 2 aromatic carbocycles. The van der Waals surface area contributed by atoms with E-state index >= 15 is 0 Å². The fourth-order valence-electron chi connectivity index (χ4n) is 6.18. The van der Waals surface area contributed by atoms with Gasteiger partial charge in [0.05, 0.1) is 42.3 Å². The van der Waals surface area contributed by atoms with Crippen LogP contribution in [0, 0.1) is 6.92 Å². The average molecular weight is 1740 g/mol. The molecule has 486 valence electrons. The quantitative estimate of drug-likeness (QED) is 0.140. The SMILES string of the molecule is Brc1ccn[nH]1.Cc1cc(Br)nn1-c1ncccc1Cl.Clc1cccnc1-n1ccc(Br)n1.Clc1cccnc1-n1ccc(Br)n1.Clc1cccnc1Cl.O=C=O.O=C=O.O=S(=O)(c1ccccc1)n1cccn1.O=S(=O)(c1ccccc1)n1nccc1Br.c1cn[nH]c1. The van der Waals surface area contributed by atoms with Gasteiger partial charge in [-0.2, -0.15) is 75.8 Å². The highest BCUT2D eigenvalue weighted by Crippen LogP contribution is 2.23. The van der Waals surface area contributed by atoms with Gasteiger partial charge in [-0.3, -0.25) is 10.2 Å². The van der Waals surface area contributed by atoms with Crippen molar-refractivity contribution in [3.63, 3.8) is 0 Å². The highest BCUT2D eigenvalue weighted by Gasteiger charge is 2.19. The number of hydrogen-bond donors (Lipinski definition) is 2. The van der Waals surface area contributed by atoms with Crippen molar-refractivity contribution in [2.24, 2.45) is 0 Å². The monoisotopic (exact) mass is 1730 g/mol. The fourth-order valence-corrected chi connectivity index (χ4v) is 11.4. The molecule has 38 heteroatoms. The van der Waals surface area contributed by atoms with Gasteiger partial charge >= 0.3 is 12.3 Å². The van der Waals surface area contributed by atoms with Crippen molar-refractivity contribution < 1.29 is 36.0 Å². The molecular formula is C56H42Br5Cl5N18O8S2. The number of carbonyl (C=O) groups excluding carboxylic acids is 4. The predicted molar refractivity (Wildman–Crippen MR) is 366 cm³/mol. The maximum absolute atomic E-state index is 12.0. The lowest BCUT2D eigenvalue weighted by Crippen LogP contribution is -2.14. The van der Waals surface area contributed by atoms with Crippen molar-refractivity contribution in [3.8, 4) is 17.5 Å². The van der Waals surface area contributed by atoms with Crippen molar-refractivity contribution in [1.29, 1.82) is 0 Å². The van der Waals surface area contributed by atoms with Gasteiger partial charge in [-0.05, 0) is 202 Å². The molecule has 0 radical (unpaired) electrons. The smallest absolute Gasteiger partial charge is 0.286 e. The Morgan fingerprint density at radius 2 is 0.936 bits per heavy atom. The van der Waals surface area contributed by atoms with E-state index in [9.17, 15) is 16.8 Å². The van der Waals surface area contributed by atoms with Gasteiger partial charge in [-0.1, -0.05) is 94.4 Å². The molecule has 13 aromatic rings. The Bertz CT molecular complexity index is 4480. The third-order valence-corrected chi connectivity index (χ3v) is 17.3. The topological polar surface area (TPSA) is 335 Å². The Hall–Kier alpha value is -7.98. The van der Waals surface area contributed by atoms with Gasteiger partial charge in [-0.25, -0.2) is 34.0 Å². The second kappa shape index (κ2) is 42.4. The average Bonchev–Trinajstić information content (AvgIpc) is 1.52. The van der Waals surface area contributed by atoms with Crippen LogP contribution >= 0.6 is 138 Å². The van der Waals surface area contributed by atoms with Crippen LogP contribution in [0.4, 0.5) is 0 Å². The summed E-state index contributed by atoms with van der Waals surface area (Å²) in [7, 11) is -7.06. The number of pyridine rings is 4. The first-order valence-corrected chi connectivity index (χ1v) is 33.9. The number of aromatic nitrogens is 18. The van der Waals surface area contributed by atoms with Crippen LogP contribution in [0.3, 0.4) is 0 Å². The van der Waals surface area contributed by atoms with Crippen molar-refractivity contribution in [3.05, 3.63) is 280 Å². The van der Waals surface area contributed by atoms with Crippen LogP contribution in [-0.4, -0.2) is 117 Å². The molecule has 0 fully saturated rings. The first-order chi connectivity index (χ1) is 45.1. The molecular weight excluding hydrogens is 1690 g/mol. The maximum atomic E-state index is 12.0. The summed E-state index contributed by atoms with van der Waals surface area (Å²) in [6, 6.07) is 42.8. The van der Waals surface area contributed by atoms with E-state index in [2.05, 4.69) is 145 Å². The molecule has 0 saturated carbocycles. The van der Waals surface area contributed by atoms with Crippen molar-refractivity contribution in [1.82, 2.24) is 88.0 Å². The molecule has 0 aliphatic heterocycles. The van der Waals surface area contributed by atoms with Gasteiger partial charge < -0.3 is 0 Å². The van der Waals surface area contributed by atoms with Crippen LogP contribution in [0.25, 0.3) is 17.5 Å². The first kappa shape index (κ1) is 78.5. The lowest BCUT2D eigenvalue weighted by Gasteiger charge is -2.04. The van der Waals surface area contributed by atoms with Gasteiger partial charge in [0.15, 0.2) is 17.5 Å². The molecule has 0 unspecified atom stereocenters. The highest BCUT2D eigenvalue weighted by molar-refractivity contribution is 9.11. The lowest BCUT2D eigenvalue weighted by molar-refractivity contribution is -0.193. The van der Waals surface area contributed by atoms with E-state index in [0.29, 0.717) is 47.3 Å². The second-order valence-corrected chi connectivity index (χ2v) is 25.9. The number of nitrogens with zero attached hydrogens (tertiary/aromatic N) is 16. The van der Waals surface area contributed by atoms with Crippen molar-refractivity contribution >= 4 is 170 Å². The van der Waals surface area contributed by atoms with Crippen LogP contribution in [0.15, 0.2) is 259 Å². The second-order valence-electron chi connectivity index (χ2n) is 16.2. The molecule has 26 nitrogen and oxygen atoms in total. The molecule has 0 aliphatic carbocycles. The van der Waals surface area contributed by atoms with Gasteiger partial charge in [0.25, 0.3) is 20.0 Å². The third kappa shape index (κ3) is 26.8. The fraction of sp³-hybridized carbons (Fsp3) is 0.0179. The largest absolute Gasteiger partial charge is 0.373 e. The zero-order chi connectivity index (χ0) is 68.9. The van der Waals surface area contributed by atoms with Gasteiger partial charge in [0.2, 0.25) is 0 Å². The number of halogens is 10. The Morgan fingerprint density at radius 3 is 1.26 bits per heavy atom. The first-order valence-electron chi connectivity index (χ1n) is 25.2. The third-order valence-electron chi connectivity index (χ3n) is 10.0. The number of aromatic amines is 2. The summed E-state index contributed by atoms with van der Waals surface area (Å²) in [6.45, 7) is 1.95. The molecule has 11 aromatic heterocycles. The number of rotatable bonds is 7. The Balaban J connectivity index is 0.000000230.